The van der Waals surface area contributed by atoms with Gasteiger partial charge in [-0.05, 0) is 29.8 Å². The lowest BCUT2D eigenvalue weighted by Crippen LogP contribution is -2.27. The van der Waals surface area contributed by atoms with Crippen molar-refractivity contribution < 1.29 is 9.21 Å². The number of halogens is 2. The van der Waals surface area contributed by atoms with Crippen LogP contribution in [0.5, 0.6) is 0 Å². The zero-order chi connectivity index (χ0) is 14.8. The molecule has 0 aliphatic carbocycles. The van der Waals surface area contributed by atoms with Crippen molar-refractivity contribution in [3.63, 3.8) is 0 Å². The van der Waals surface area contributed by atoms with Crippen molar-refractivity contribution in [2.24, 2.45) is 5.10 Å². The largest absolute Gasteiger partial charge is 0.463 e. The van der Waals surface area contributed by atoms with Crippen LogP contribution in [0, 0.1) is 0 Å². The molecular weight excluding hydrogens is 311 g/mol. The molecule has 1 aromatic carbocycles. The minimum absolute atomic E-state index is 0.112. The van der Waals surface area contributed by atoms with Gasteiger partial charge < -0.3 is 4.42 Å². The molecule has 2 heterocycles. The molecule has 0 saturated heterocycles. The molecule has 0 saturated carbocycles. The zero-order valence-electron chi connectivity index (χ0n) is 11.0. The van der Waals surface area contributed by atoms with Gasteiger partial charge in [0.05, 0.1) is 12.3 Å². The number of benzene rings is 1. The van der Waals surface area contributed by atoms with Crippen molar-refractivity contribution in [1.82, 2.24) is 5.01 Å². The summed E-state index contributed by atoms with van der Waals surface area (Å²) in [5.41, 5.74) is 1.70. The van der Waals surface area contributed by atoms with E-state index in [1.54, 1.807) is 24.5 Å². The maximum absolute atomic E-state index is 12.0. The fourth-order valence-electron chi connectivity index (χ4n) is 2.34. The normalized spacial score (nSPS) is 17.9. The third-order valence-corrected chi connectivity index (χ3v) is 3.82. The lowest BCUT2D eigenvalue weighted by Gasteiger charge is -2.21. The second-order valence-corrected chi connectivity index (χ2v) is 5.37. The number of amides is 1. The molecule has 1 aliphatic heterocycles. The number of carbonyl (C=O) groups is 1. The van der Waals surface area contributed by atoms with Crippen molar-refractivity contribution in [2.75, 3.05) is 5.88 Å². The van der Waals surface area contributed by atoms with Crippen LogP contribution in [0.3, 0.4) is 0 Å². The molecule has 0 radical (unpaired) electrons. The summed E-state index contributed by atoms with van der Waals surface area (Å²) in [6, 6.07) is 10.8. The molecule has 1 atom stereocenters. The highest BCUT2D eigenvalue weighted by Gasteiger charge is 2.33. The van der Waals surface area contributed by atoms with Crippen LogP contribution in [0.4, 0.5) is 0 Å². The number of rotatable bonds is 3. The van der Waals surface area contributed by atoms with Crippen LogP contribution < -0.4 is 0 Å². The summed E-state index contributed by atoms with van der Waals surface area (Å²) in [6.45, 7) is 0. The number of hydrazone groups is 1. The van der Waals surface area contributed by atoms with E-state index in [9.17, 15) is 4.79 Å². The number of hydrogen-bond donors (Lipinski definition) is 0. The molecule has 2 aromatic rings. The molecule has 6 heteroatoms. The van der Waals surface area contributed by atoms with Crippen molar-refractivity contribution in [2.45, 2.75) is 12.5 Å². The Morgan fingerprint density at radius 3 is 2.71 bits per heavy atom. The molecule has 21 heavy (non-hydrogen) atoms. The van der Waals surface area contributed by atoms with Gasteiger partial charge in [0, 0.05) is 11.4 Å². The summed E-state index contributed by atoms with van der Waals surface area (Å²) in [5.74, 6) is 0.316. The van der Waals surface area contributed by atoms with Crippen LogP contribution in [0.2, 0.25) is 5.02 Å². The number of furan rings is 1. The maximum atomic E-state index is 12.0. The summed E-state index contributed by atoms with van der Waals surface area (Å²) in [5, 5.41) is 6.45. The minimum atomic E-state index is -0.238. The molecule has 1 aromatic heterocycles. The average Bonchev–Trinajstić information content (AvgIpc) is 3.16. The van der Waals surface area contributed by atoms with E-state index < -0.39 is 0 Å². The smallest absolute Gasteiger partial charge is 0.258 e. The highest BCUT2D eigenvalue weighted by molar-refractivity contribution is 6.30. The monoisotopic (exact) mass is 322 g/mol. The fraction of sp³-hybridized carbons (Fsp3) is 0.200. The van der Waals surface area contributed by atoms with Gasteiger partial charge >= 0.3 is 0 Å². The van der Waals surface area contributed by atoms with Gasteiger partial charge in [0.2, 0.25) is 0 Å². The lowest BCUT2D eigenvalue weighted by molar-refractivity contribution is -0.130. The molecule has 3 rings (SSSR count). The Hall–Kier alpha value is -1.78. The van der Waals surface area contributed by atoms with Gasteiger partial charge in [0.25, 0.3) is 5.91 Å². The van der Waals surface area contributed by atoms with E-state index in [1.807, 2.05) is 18.2 Å². The quantitative estimate of drug-likeness (QED) is 0.806. The first-order valence-corrected chi connectivity index (χ1v) is 7.35. The van der Waals surface area contributed by atoms with Gasteiger partial charge in [-0.3, -0.25) is 4.79 Å². The molecule has 108 valence electrons. The third kappa shape index (κ3) is 2.82. The Balaban J connectivity index is 1.93. The molecule has 4 nitrogen and oxygen atoms in total. The Morgan fingerprint density at radius 2 is 2.10 bits per heavy atom. The molecule has 0 unspecified atom stereocenters. The van der Waals surface area contributed by atoms with E-state index in [0.717, 1.165) is 11.3 Å². The van der Waals surface area contributed by atoms with Gasteiger partial charge in [-0.1, -0.05) is 23.7 Å². The van der Waals surface area contributed by atoms with E-state index >= 15 is 0 Å². The van der Waals surface area contributed by atoms with Crippen LogP contribution in [0.15, 0.2) is 52.2 Å². The van der Waals surface area contributed by atoms with Gasteiger partial charge in [0.15, 0.2) is 0 Å². The second kappa shape index (κ2) is 5.92. The molecule has 0 bridgehead atoms. The lowest BCUT2D eigenvalue weighted by atomic mass is 10.0. The molecular formula is C15H12Cl2N2O2. The number of alkyl halides is 1. The molecule has 0 fully saturated rings. The summed E-state index contributed by atoms with van der Waals surface area (Å²) in [4.78, 5) is 12.0. The van der Waals surface area contributed by atoms with Crippen LogP contribution in [-0.4, -0.2) is 22.5 Å². The van der Waals surface area contributed by atoms with E-state index in [0.29, 0.717) is 17.2 Å². The standard InChI is InChI=1S/C15H12Cl2N2O2/c16-9-15(20)19-13(10-3-5-11(17)6-4-10)8-12(18-19)14-2-1-7-21-14/h1-7,13H,8-9H2/t13-/m0/s1. The van der Waals surface area contributed by atoms with E-state index in [-0.39, 0.29) is 17.8 Å². The van der Waals surface area contributed by atoms with E-state index in [1.165, 1.54) is 5.01 Å². The van der Waals surface area contributed by atoms with Gasteiger partial charge in [-0.2, -0.15) is 5.10 Å². The first-order valence-electron chi connectivity index (χ1n) is 6.44. The van der Waals surface area contributed by atoms with Crippen molar-refractivity contribution in [3.8, 4) is 0 Å². The van der Waals surface area contributed by atoms with Crippen LogP contribution in [0.1, 0.15) is 23.8 Å². The number of nitrogens with zero attached hydrogens (tertiary/aromatic N) is 2. The molecule has 1 aliphatic rings. The first kappa shape index (κ1) is 14.2. The Morgan fingerprint density at radius 1 is 1.33 bits per heavy atom. The Kier molecular flexibility index (Phi) is 3.99. The topological polar surface area (TPSA) is 45.8 Å². The number of hydrogen-bond acceptors (Lipinski definition) is 3. The predicted molar refractivity (Wildman–Crippen MR) is 81.6 cm³/mol. The van der Waals surface area contributed by atoms with Crippen molar-refractivity contribution in [3.05, 3.63) is 59.0 Å². The third-order valence-electron chi connectivity index (χ3n) is 3.34. The van der Waals surface area contributed by atoms with Gasteiger partial charge in [0.1, 0.15) is 17.4 Å². The second-order valence-electron chi connectivity index (χ2n) is 4.67. The maximum Gasteiger partial charge on any atom is 0.258 e. The highest BCUT2D eigenvalue weighted by Crippen LogP contribution is 2.33. The zero-order valence-corrected chi connectivity index (χ0v) is 12.5. The van der Waals surface area contributed by atoms with E-state index in [4.69, 9.17) is 27.6 Å². The van der Waals surface area contributed by atoms with E-state index in [2.05, 4.69) is 5.10 Å². The Bertz CT molecular complexity index is 665. The summed E-state index contributed by atoms with van der Waals surface area (Å²) in [7, 11) is 0. The predicted octanol–water partition coefficient (Wildman–Crippen LogP) is 3.85. The Labute approximate surface area is 131 Å². The summed E-state index contributed by atoms with van der Waals surface area (Å²) >= 11 is 11.6. The average molecular weight is 323 g/mol. The van der Waals surface area contributed by atoms with Crippen molar-refractivity contribution >= 4 is 34.8 Å². The van der Waals surface area contributed by atoms with Crippen LogP contribution in [0.25, 0.3) is 0 Å². The van der Waals surface area contributed by atoms with Gasteiger partial charge in [-0.25, -0.2) is 5.01 Å². The molecule has 0 spiro atoms. The van der Waals surface area contributed by atoms with Gasteiger partial charge in [-0.15, -0.1) is 11.6 Å². The minimum Gasteiger partial charge on any atom is -0.463 e. The summed E-state index contributed by atoms with van der Waals surface area (Å²) in [6.07, 6.45) is 2.17. The summed E-state index contributed by atoms with van der Waals surface area (Å²) < 4.78 is 5.36. The molecule has 1 amide bonds. The van der Waals surface area contributed by atoms with Crippen molar-refractivity contribution in [1.29, 1.82) is 0 Å². The SMILES string of the molecule is O=C(CCl)N1N=C(c2ccco2)C[C@H]1c1ccc(Cl)cc1. The molecule has 0 N–H and O–H groups in total. The highest BCUT2D eigenvalue weighted by atomic mass is 35.5. The fourth-order valence-corrected chi connectivity index (χ4v) is 2.59. The number of carbonyl (C=O) groups excluding carboxylic acids is 1. The van der Waals surface area contributed by atoms with Crippen LogP contribution in [-0.2, 0) is 4.79 Å². The van der Waals surface area contributed by atoms with Crippen LogP contribution >= 0.6 is 23.2 Å². The first-order chi connectivity index (χ1) is 10.2.